The number of methoxy groups -OCH3 is 2. The minimum absolute atomic E-state index is 0.0847. The van der Waals surface area contributed by atoms with E-state index in [4.69, 9.17) is 14.2 Å². The number of carbonyl (C=O) groups is 1. The second-order valence-electron chi connectivity index (χ2n) is 7.76. The number of nitrogens with zero attached hydrogens (tertiary/aromatic N) is 1. The maximum absolute atomic E-state index is 13.0. The molecule has 3 rings (SSSR count). The number of sulfonamides is 1. The molecule has 0 bridgehead atoms. The van der Waals surface area contributed by atoms with Gasteiger partial charge in [-0.25, -0.2) is 8.42 Å². The van der Waals surface area contributed by atoms with Gasteiger partial charge in [0, 0.05) is 26.1 Å². The molecule has 180 valence electrons. The molecule has 1 N–H and O–H groups in total. The van der Waals surface area contributed by atoms with Crippen LogP contribution in [0.2, 0.25) is 0 Å². The average molecular weight is 477 g/mol. The van der Waals surface area contributed by atoms with Crippen LogP contribution in [0.15, 0.2) is 47.4 Å². The van der Waals surface area contributed by atoms with Crippen LogP contribution in [-0.2, 0) is 32.4 Å². The lowest BCUT2D eigenvalue weighted by molar-refractivity contribution is -0.121. The van der Waals surface area contributed by atoms with Crippen LogP contribution in [0.1, 0.15) is 24.0 Å². The molecule has 1 amide bonds. The number of ether oxygens (including phenoxy) is 3. The summed E-state index contributed by atoms with van der Waals surface area (Å²) in [6.07, 6.45) is 2.22. The van der Waals surface area contributed by atoms with E-state index in [1.165, 1.54) is 11.4 Å². The second kappa shape index (κ2) is 12.0. The van der Waals surface area contributed by atoms with E-state index >= 15 is 0 Å². The Morgan fingerprint density at radius 1 is 1.00 bits per heavy atom. The lowest BCUT2D eigenvalue weighted by Crippen LogP contribution is -2.40. The van der Waals surface area contributed by atoms with Gasteiger partial charge in [0.15, 0.2) is 0 Å². The first kappa shape index (κ1) is 25.0. The minimum Gasteiger partial charge on any atom is -0.496 e. The van der Waals surface area contributed by atoms with Crippen molar-refractivity contribution in [3.8, 4) is 11.5 Å². The summed E-state index contributed by atoms with van der Waals surface area (Å²) in [6.45, 7) is 2.00. The summed E-state index contributed by atoms with van der Waals surface area (Å²) in [4.78, 5) is 12.6. The van der Waals surface area contributed by atoms with Gasteiger partial charge in [-0.05, 0) is 54.7 Å². The number of morpholine rings is 1. The summed E-state index contributed by atoms with van der Waals surface area (Å²) in [5.74, 6) is 1.33. The number of carbonyl (C=O) groups excluding carboxylic acids is 1. The van der Waals surface area contributed by atoms with Crippen molar-refractivity contribution in [1.29, 1.82) is 0 Å². The Morgan fingerprint density at radius 2 is 1.70 bits per heavy atom. The molecule has 0 radical (unpaired) electrons. The molecular weight excluding hydrogens is 444 g/mol. The lowest BCUT2D eigenvalue weighted by atomic mass is 10.1. The predicted octanol–water partition coefficient (Wildman–Crippen LogP) is 2.41. The molecule has 33 heavy (non-hydrogen) atoms. The highest BCUT2D eigenvalue weighted by atomic mass is 32.2. The number of hydrogen-bond donors (Lipinski definition) is 1. The number of para-hydroxylation sites is 1. The van der Waals surface area contributed by atoms with E-state index in [1.54, 1.807) is 25.3 Å². The molecule has 2 aromatic rings. The van der Waals surface area contributed by atoms with Gasteiger partial charge >= 0.3 is 0 Å². The van der Waals surface area contributed by atoms with Gasteiger partial charge in [0.05, 0.1) is 32.3 Å². The third-order valence-electron chi connectivity index (χ3n) is 5.62. The van der Waals surface area contributed by atoms with Gasteiger partial charge in [-0.3, -0.25) is 4.79 Å². The molecule has 0 aromatic heterocycles. The normalized spacial score (nSPS) is 14.6. The van der Waals surface area contributed by atoms with Gasteiger partial charge < -0.3 is 19.5 Å². The molecule has 1 saturated heterocycles. The molecule has 0 saturated carbocycles. The van der Waals surface area contributed by atoms with E-state index < -0.39 is 10.0 Å². The van der Waals surface area contributed by atoms with Gasteiger partial charge in [0.25, 0.3) is 0 Å². The first-order chi connectivity index (χ1) is 16.0. The third-order valence-corrected chi connectivity index (χ3v) is 7.51. The van der Waals surface area contributed by atoms with Crippen molar-refractivity contribution in [2.45, 2.75) is 30.6 Å². The Morgan fingerprint density at radius 3 is 2.42 bits per heavy atom. The van der Waals surface area contributed by atoms with E-state index in [9.17, 15) is 13.2 Å². The van der Waals surface area contributed by atoms with Crippen LogP contribution < -0.4 is 14.8 Å². The third kappa shape index (κ3) is 6.69. The number of benzene rings is 2. The molecule has 8 nitrogen and oxygen atoms in total. The highest BCUT2D eigenvalue weighted by Crippen LogP contribution is 2.26. The van der Waals surface area contributed by atoms with E-state index in [2.05, 4.69) is 5.32 Å². The van der Waals surface area contributed by atoms with Crippen LogP contribution in [-0.4, -0.2) is 65.7 Å². The summed E-state index contributed by atoms with van der Waals surface area (Å²) < 4.78 is 43.3. The average Bonchev–Trinajstić information content (AvgIpc) is 2.85. The highest BCUT2D eigenvalue weighted by Gasteiger charge is 2.27. The SMILES string of the molecule is COc1ccccc1CCCNC(=O)CCc1cc(S(=O)(=O)N2CCOCC2)ccc1OC. The fourth-order valence-corrected chi connectivity index (χ4v) is 5.26. The Hall–Kier alpha value is -2.62. The van der Waals surface area contributed by atoms with Crippen LogP contribution in [0.3, 0.4) is 0 Å². The highest BCUT2D eigenvalue weighted by molar-refractivity contribution is 7.89. The van der Waals surface area contributed by atoms with Gasteiger partial charge in [-0.2, -0.15) is 4.31 Å². The van der Waals surface area contributed by atoms with Crippen LogP contribution >= 0.6 is 0 Å². The minimum atomic E-state index is -3.61. The summed E-state index contributed by atoms with van der Waals surface area (Å²) >= 11 is 0. The van der Waals surface area contributed by atoms with Crippen LogP contribution in [0.25, 0.3) is 0 Å². The molecule has 9 heteroatoms. The smallest absolute Gasteiger partial charge is 0.243 e. The van der Waals surface area contributed by atoms with E-state index in [1.807, 2.05) is 24.3 Å². The molecule has 1 heterocycles. The molecule has 1 fully saturated rings. The molecule has 0 atom stereocenters. The van der Waals surface area contributed by atoms with Gasteiger partial charge in [-0.15, -0.1) is 0 Å². The van der Waals surface area contributed by atoms with Gasteiger partial charge in [-0.1, -0.05) is 18.2 Å². The van der Waals surface area contributed by atoms with Crippen molar-refractivity contribution in [2.75, 3.05) is 47.1 Å². The maximum Gasteiger partial charge on any atom is 0.243 e. The standard InChI is InChI=1S/C24H32N2O6S/c1-30-22-8-4-3-6-19(22)7-5-13-25-24(27)12-9-20-18-21(10-11-23(20)31-2)33(28,29)26-14-16-32-17-15-26/h3-4,6,8,10-11,18H,5,7,9,12-17H2,1-2H3,(H,25,27). The fraction of sp³-hybridized carbons (Fsp3) is 0.458. The summed E-state index contributed by atoms with van der Waals surface area (Å²) in [5.41, 5.74) is 1.80. The van der Waals surface area contributed by atoms with E-state index in [0.717, 1.165) is 24.2 Å². The summed E-state index contributed by atoms with van der Waals surface area (Å²) in [5, 5.41) is 2.93. The van der Waals surface area contributed by atoms with Crippen molar-refractivity contribution < 1.29 is 27.4 Å². The number of aryl methyl sites for hydroxylation is 2. The first-order valence-electron chi connectivity index (χ1n) is 11.1. The van der Waals surface area contributed by atoms with Crippen LogP contribution in [0.4, 0.5) is 0 Å². The first-order valence-corrected chi connectivity index (χ1v) is 12.5. The summed E-state index contributed by atoms with van der Waals surface area (Å²) in [6, 6.07) is 12.6. The topological polar surface area (TPSA) is 94.2 Å². The quantitative estimate of drug-likeness (QED) is 0.501. The van der Waals surface area contributed by atoms with E-state index in [0.29, 0.717) is 50.6 Å². The number of nitrogens with one attached hydrogen (secondary N) is 1. The number of amides is 1. The number of hydrogen-bond acceptors (Lipinski definition) is 6. The Labute approximate surface area is 195 Å². The van der Waals surface area contributed by atoms with Crippen LogP contribution in [0.5, 0.6) is 11.5 Å². The molecule has 0 unspecified atom stereocenters. The Kier molecular flexibility index (Phi) is 9.11. The molecule has 2 aromatic carbocycles. The van der Waals surface area contributed by atoms with Gasteiger partial charge in [0.2, 0.25) is 15.9 Å². The van der Waals surface area contributed by atoms with Crippen LogP contribution in [0, 0.1) is 0 Å². The zero-order valence-corrected chi connectivity index (χ0v) is 20.0. The molecular formula is C24H32N2O6S. The molecule has 1 aliphatic rings. The Balaban J connectivity index is 1.54. The van der Waals surface area contributed by atoms with Crippen molar-refractivity contribution in [3.63, 3.8) is 0 Å². The largest absolute Gasteiger partial charge is 0.496 e. The second-order valence-corrected chi connectivity index (χ2v) is 9.69. The molecule has 0 spiro atoms. The zero-order chi connectivity index (χ0) is 23.7. The fourth-order valence-electron chi connectivity index (χ4n) is 3.80. The van der Waals surface area contributed by atoms with Crippen molar-refractivity contribution in [1.82, 2.24) is 9.62 Å². The monoisotopic (exact) mass is 476 g/mol. The zero-order valence-electron chi connectivity index (χ0n) is 19.2. The molecule has 0 aliphatic carbocycles. The maximum atomic E-state index is 13.0. The van der Waals surface area contributed by atoms with Crippen molar-refractivity contribution >= 4 is 15.9 Å². The number of rotatable bonds is 11. The van der Waals surface area contributed by atoms with E-state index in [-0.39, 0.29) is 17.2 Å². The lowest BCUT2D eigenvalue weighted by Gasteiger charge is -2.26. The summed E-state index contributed by atoms with van der Waals surface area (Å²) in [7, 11) is -0.427. The predicted molar refractivity (Wildman–Crippen MR) is 125 cm³/mol. The molecule has 1 aliphatic heterocycles. The Bertz CT molecular complexity index is 1040. The van der Waals surface area contributed by atoms with Crippen molar-refractivity contribution in [2.24, 2.45) is 0 Å². The van der Waals surface area contributed by atoms with Crippen molar-refractivity contribution in [3.05, 3.63) is 53.6 Å². The van der Waals surface area contributed by atoms with Gasteiger partial charge in [0.1, 0.15) is 11.5 Å².